The SMILES string of the molecule is Nc1ccc(CN2CCN(N)CC2)c(C(F)(F)F)c1. The van der Waals surface area contributed by atoms with E-state index in [1.54, 1.807) is 5.01 Å². The number of rotatable bonds is 2. The molecule has 0 aliphatic carbocycles. The Kier molecular flexibility index (Phi) is 3.98. The van der Waals surface area contributed by atoms with Gasteiger partial charge in [-0.3, -0.25) is 10.7 Å². The number of hydrazine groups is 1. The van der Waals surface area contributed by atoms with E-state index in [2.05, 4.69) is 0 Å². The molecule has 1 saturated heterocycles. The average Bonchev–Trinajstić information content (AvgIpc) is 2.33. The van der Waals surface area contributed by atoms with Crippen LogP contribution in [0.1, 0.15) is 11.1 Å². The molecule has 4 nitrogen and oxygen atoms in total. The van der Waals surface area contributed by atoms with Crippen molar-refractivity contribution < 1.29 is 13.2 Å². The second kappa shape index (κ2) is 5.36. The normalized spacial score (nSPS) is 18.7. The first-order valence-corrected chi connectivity index (χ1v) is 6.04. The molecular weight excluding hydrogens is 257 g/mol. The third-order valence-electron chi connectivity index (χ3n) is 3.24. The Morgan fingerprint density at radius 1 is 1.11 bits per heavy atom. The number of piperazine rings is 1. The highest BCUT2D eigenvalue weighted by Gasteiger charge is 2.34. The number of hydrogen-bond donors (Lipinski definition) is 2. The summed E-state index contributed by atoms with van der Waals surface area (Å²) < 4.78 is 38.8. The summed E-state index contributed by atoms with van der Waals surface area (Å²) in [5, 5.41) is 1.67. The van der Waals surface area contributed by atoms with E-state index in [0.717, 1.165) is 6.07 Å². The lowest BCUT2D eigenvalue weighted by molar-refractivity contribution is -0.138. The zero-order valence-corrected chi connectivity index (χ0v) is 10.5. The summed E-state index contributed by atoms with van der Waals surface area (Å²) in [6.07, 6.45) is -4.37. The minimum absolute atomic E-state index is 0.128. The van der Waals surface area contributed by atoms with Gasteiger partial charge in [-0.25, -0.2) is 5.01 Å². The van der Waals surface area contributed by atoms with Crippen LogP contribution in [0.25, 0.3) is 0 Å². The third-order valence-corrected chi connectivity index (χ3v) is 3.24. The van der Waals surface area contributed by atoms with E-state index in [9.17, 15) is 13.2 Å². The van der Waals surface area contributed by atoms with Crippen molar-refractivity contribution in [2.75, 3.05) is 31.9 Å². The first kappa shape index (κ1) is 14.1. The average molecular weight is 274 g/mol. The van der Waals surface area contributed by atoms with Crippen molar-refractivity contribution in [3.63, 3.8) is 0 Å². The zero-order chi connectivity index (χ0) is 14.0. The highest BCUT2D eigenvalue weighted by Crippen LogP contribution is 2.33. The molecule has 1 aromatic rings. The number of benzene rings is 1. The van der Waals surface area contributed by atoms with Gasteiger partial charge in [0.05, 0.1) is 5.56 Å². The minimum Gasteiger partial charge on any atom is -0.399 e. The molecule has 1 aliphatic heterocycles. The fourth-order valence-electron chi connectivity index (χ4n) is 2.16. The van der Waals surface area contributed by atoms with E-state index in [4.69, 9.17) is 11.6 Å². The molecular formula is C12H17F3N4. The van der Waals surface area contributed by atoms with E-state index in [1.807, 2.05) is 4.90 Å². The highest BCUT2D eigenvalue weighted by molar-refractivity contribution is 5.46. The first-order valence-electron chi connectivity index (χ1n) is 6.04. The van der Waals surface area contributed by atoms with Gasteiger partial charge in [-0.15, -0.1) is 0 Å². The number of halogens is 3. The minimum atomic E-state index is -4.37. The maximum atomic E-state index is 12.9. The standard InChI is InChI=1S/C12H17F3N4/c13-12(14,15)11-7-10(16)2-1-9(11)8-18-3-5-19(17)6-4-18/h1-2,7H,3-6,8,16-17H2. The molecule has 106 valence electrons. The van der Waals surface area contributed by atoms with Crippen molar-refractivity contribution >= 4 is 5.69 Å². The molecule has 0 atom stereocenters. The van der Waals surface area contributed by atoms with Gasteiger partial charge in [0.25, 0.3) is 0 Å². The molecule has 0 saturated carbocycles. The quantitative estimate of drug-likeness (QED) is 0.630. The molecule has 7 heteroatoms. The van der Waals surface area contributed by atoms with Crippen LogP contribution in [0.4, 0.5) is 18.9 Å². The van der Waals surface area contributed by atoms with Gasteiger partial charge in [0.1, 0.15) is 0 Å². The van der Waals surface area contributed by atoms with Crippen molar-refractivity contribution in [3.8, 4) is 0 Å². The molecule has 1 fully saturated rings. The second-order valence-corrected chi connectivity index (χ2v) is 4.73. The van der Waals surface area contributed by atoms with Gasteiger partial charge in [0.15, 0.2) is 0 Å². The largest absolute Gasteiger partial charge is 0.416 e. The molecule has 0 aromatic heterocycles. The molecule has 4 N–H and O–H groups in total. The maximum absolute atomic E-state index is 12.9. The molecule has 0 spiro atoms. The lowest BCUT2D eigenvalue weighted by Crippen LogP contribution is -2.49. The Morgan fingerprint density at radius 2 is 1.74 bits per heavy atom. The fourth-order valence-corrected chi connectivity index (χ4v) is 2.16. The van der Waals surface area contributed by atoms with E-state index < -0.39 is 11.7 Å². The summed E-state index contributed by atoms with van der Waals surface area (Å²) in [4.78, 5) is 1.96. The Hall–Kier alpha value is -1.31. The lowest BCUT2D eigenvalue weighted by Gasteiger charge is -2.32. The van der Waals surface area contributed by atoms with Crippen LogP contribution < -0.4 is 11.6 Å². The van der Waals surface area contributed by atoms with Crippen LogP contribution >= 0.6 is 0 Å². The number of alkyl halides is 3. The second-order valence-electron chi connectivity index (χ2n) is 4.73. The van der Waals surface area contributed by atoms with E-state index in [1.165, 1.54) is 12.1 Å². The first-order chi connectivity index (χ1) is 8.86. The summed E-state index contributed by atoms with van der Waals surface area (Å²) in [5.74, 6) is 5.62. The van der Waals surface area contributed by atoms with Crippen LogP contribution in [-0.2, 0) is 12.7 Å². The van der Waals surface area contributed by atoms with Crippen LogP contribution in [0.15, 0.2) is 18.2 Å². The predicted octanol–water partition coefficient (Wildman–Crippen LogP) is 1.28. The number of nitrogens with two attached hydrogens (primary N) is 2. The molecule has 0 radical (unpaired) electrons. The van der Waals surface area contributed by atoms with Crippen LogP contribution in [-0.4, -0.2) is 36.1 Å². The Balaban J connectivity index is 2.16. The summed E-state index contributed by atoms with van der Waals surface area (Å²) in [6, 6.07) is 3.95. The Labute approximate surface area is 109 Å². The Morgan fingerprint density at radius 3 is 2.32 bits per heavy atom. The summed E-state index contributed by atoms with van der Waals surface area (Å²) >= 11 is 0. The molecule has 0 bridgehead atoms. The molecule has 1 aliphatic rings. The van der Waals surface area contributed by atoms with Gasteiger partial charge in [-0.2, -0.15) is 13.2 Å². The van der Waals surface area contributed by atoms with Crippen LogP contribution in [0.3, 0.4) is 0 Å². The molecule has 19 heavy (non-hydrogen) atoms. The number of nitrogens with zero attached hydrogens (tertiary/aromatic N) is 2. The van der Waals surface area contributed by atoms with Gasteiger partial charge in [-0.1, -0.05) is 6.07 Å². The predicted molar refractivity (Wildman–Crippen MR) is 66.9 cm³/mol. The van der Waals surface area contributed by atoms with Crippen molar-refractivity contribution in [3.05, 3.63) is 29.3 Å². The number of nitrogen functional groups attached to an aromatic ring is 1. The van der Waals surface area contributed by atoms with Gasteiger partial charge in [0.2, 0.25) is 0 Å². The summed E-state index contributed by atoms with van der Waals surface area (Å²) in [7, 11) is 0. The van der Waals surface area contributed by atoms with E-state index in [-0.39, 0.29) is 17.8 Å². The molecule has 0 unspecified atom stereocenters. The number of hydrogen-bond acceptors (Lipinski definition) is 4. The van der Waals surface area contributed by atoms with Gasteiger partial charge in [-0.05, 0) is 17.7 Å². The van der Waals surface area contributed by atoms with Crippen LogP contribution in [0, 0.1) is 0 Å². The topological polar surface area (TPSA) is 58.5 Å². The van der Waals surface area contributed by atoms with Crippen molar-refractivity contribution in [1.82, 2.24) is 9.91 Å². The van der Waals surface area contributed by atoms with E-state index >= 15 is 0 Å². The lowest BCUT2D eigenvalue weighted by atomic mass is 10.1. The molecule has 1 heterocycles. The van der Waals surface area contributed by atoms with Crippen molar-refractivity contribution in [1.29, 1.82) is 0 Å². The zero-order valence-electron chi connectivity index (χ0n) is 10.5. The van der Waals surface area contributed by atoms with E-state index in [0.29, 0.717) is 26.2 Å². The highest BCUT2D eigenvalue weighted by atomic mass is 19.4. The third kappa shape index (κ3) is 3.59. The summed E-state index contributed by atoms with van der Waals surface area (Å²) in [5.41, 5.74) is 5.17. The van der Waals surface area contributed by atoms with Crippen molar-refractivity contribution in [2.45, 2.75) is 12.7 Å². The summed E-state index contributed by atoms with van der Waals surface area (Å²) in [6.45, 7) is 2.92. The monoisotopic (exact) mass is 274 g/mol. The Bertz CT molecular complexity index is 439. The smallest absolute Gasteiger partial charge is 0.399 e. The maximum Gasteiger partial charge on any atom is 0.416 e. The fraction of sp³-hybridized carbons (Fsp3) is 0.500. The van der Waals surface area contributed by atoms with Crippen molar-refractivity contribution in [2.24, 2.45) is 5.84 Å². The molecule has 1 aromatic carbocycles. The van der Waals surface area contributed by atoms with Crippen LogP contribution in [0.2, 0.25) is 0 Å². The van der Waals surface area contributed by atoms with Gasteiger partial charge < -0.3 is 5.73 Å². The van der Waals surface area contributed by atoms with Gasteiger partial charge >= 0.3 is 6.18 Å². The number of anilines is 1. The molecule has 2 rings (SSSR count). The van der Waals surface area contributed by atoms with Gasteiger partial charge in [0, 0.05) is 38.4 Å². The van der Waals surface area contributed by atoms with Crippen LogP contribution in [0.5, 0.6) is 0 Å². The molecule has 0 amide bonds.